The lowest BCUT2D eigenvalue weighted by molar-refractivity contribution is 0.103. The Bertz CT molecular complexity index is 623. The second-order valence-electron chi connectivity index (χ2n) is 4.68. The first-order chi connectivity index (χ1) is 8.86. The van der Waals surface area contributed by atoms with E-state index in [0.717, 1.165) is 41.3 Å². The Morgan fingerprint density at radius 2 is 2.00 bits per heavy atom. The summed E-state index contributed by atoms with van der Waals surface area (Å²) in [6.07, 6.45) is 8.09. The third-order valence-corrected chi connectivity index (χ3v) is 3.46. The van der Waals surface area contributed by atoms with Crippen molar-refractivity contribution < 1.29 is 4.79 Å². The zero-order valence-corrected chi connectivity index (χ0v) is 10.2. The van der Waals surface area contributed by atoms with Gasteiger partial charge in [-0.2, -0.15) is 0 Å². The standard InChI is InChI=1S/C16H15NO/c18-16(13-6-2-1-3-7-13)14-10-4-8-12-9-5-11-17-15(12)14/h4-6,8-11H,1-3,7H2. The fourth-order valence-electron chi connectivity index (χ4n) is 2.50. The molecule has 0 spiro atoms. The molecule has 1 aromatic heterocycles. The van der Waals surface area contributed by atoms with Crippen LogP contribution in [0.1, 0.15) is 36.0 Å². The van der Waals surface area contributed by atoms with Crippen molar-refractivity contribution in [3.8, 4) is 0 Å². The van der Waals surface area contributed by atoms with Crippen LogP contribution in [0.4, 0.5) is 0 Å². The van der Waals surface area contributed by atoms with Gasteiger partial charge in [-0.1, -0.05) is 24.3 Å². The first kappa shape index (κ1) is 11.1. The summed E-state index contributed by atoms with van der Waals surface area (Å²) in [4.78, 5) is 16.9. The van der Waals surface area contributed by atoms with E-state index in [1.165, 1.54) is 6.42 Å². The Kier molecular flexibility index (Phi) is 2.93. The molecule has 90 valence electrons. The quantitative estimate of drug-likeness (QED) is 0.741. The van der Waals surface area contributed by atoms with E-state index >= 15 is 0 Å². The van der Waals surface area contributed by atoms with Gasteiger partial charge >= 0.3 is 0 Å². The van der Waals surface area contributed by atoms with E-state index in [2.05, 4.69) is 11.1 Å². The van der Waals surface area contributed by atoms with Crippen LogP contribution in [-0.4, -0.2) is 10.8 Å². The molecule has 2 heteroatoms. The van der Waals surface area contributed by atoms with Gasteiger partial charge in [-0.15, -0.1) is 0 Å². The van der Waals surface area contributed by atoms with Crippen molar-refractivity contribution in [3.05, 3.63) is 53.7 Å². The third kappa shape index (κ3) is 1.94. The molecule has 0 amide bonds. The molecule has 1 aliphatic rings. The number of fused-ring (bicyclic) bond motifs is 1. The fourth-order valence-corrected chi connectivity index (χ4v) is 2.50. The van der Waals surface area contributed by atoms with Gasteiger partial charge in [0.25, 0.3) is 0 Å². The molecular weight excluding hydrogens is 222 g/mol. The summed E-state index contributed by atoms with van der Waals surface area (Å²) in [6, 6.07) is 9.70. The molecule has 2 aromatic rings. The number of allylic oxidation sites excluding steroid dienone is 2. The van der Waals surface area contributed by atoms with Crippen molar-refractivity contribution in [2.75, 3.05) is 0 Å². The second kappa shape index (κ2) is 4.73. The van der Waals surface area contributed by atoms with E-state index < -0.39 is 0 Å². The molecule has 0 saturated carbocycles. The molecular formula is C16H15NO. The molecule has 1 aromatic carbocycles. The maximum atomic E-state index is 12.5. The summed E-state index contributed by atoms with van der Waals surface area (Å²) in [5, 5.41) is 1.03. The highest BCUT2D eigenvalue weighted by atomic mass is 16.1. The van der Waals surface area contributed by atoms with Crippen LogP contribution >= 0.6 is 0 Å². The summed E-state index contributed by atoms with van der Waals surface area (Å²) in [6.45, 7) is 0. The van der Waals surface area contributed by atoms with Gasteiger partial charge in [-0.3, -0.25) is 9.78 Å². The van der Waals surface area contributed by atoms with E-state index in [4.69, 9.17) is 0 Å². The minimum absolute atomic E-state index is 0.152. The maximum Gasteiger partial charge on any atom is 0.190 e. The van der Waals surface area contributed by atoms with Gasteiger partial charge in [0.15, 0.2) is 5.78 Å². The van der Waals surface area contributed by atoms with Crippen molar-refractivity contribution in [1.82, 2.24) is 4.98 Å². The summed E-state index contributed by atoms with van der Waals surface area (Å²) in [5.74, 6) is 0.152. The number of pyridine rings is 1. The topological polar surface area (TPSA) is 30.0 Å². The average molecular weight is 237 g/mol. The maximum absolute atomic E-state index is 12.5. The first-order valence-corrected chi connectivity index (χ1v) is 6.44. The summed E-state index contributed by atoms with van der Waals surface area (Å²) < 4.78 is 0. The molecule has 0 aliphatic heterocycles. The predicted molar refractivity (Wildman–Crippen MR) is 72.6 cm³/mol. The van der Waals surface area contributed by atoms with Gasteiger partial charge in [0.1, 0.15) is 0 Å². The van der Waals surface area contributed by atoms with Gasteiger partial charge in [-0.05, 0) is 43.4 Å². The van der Waals surface area contributed by atoms with E-state index in [9.17, 15) is 4.79 Å². The van der Waals surface area contributed by atoms with Crippen LogP contribution in [0.3, 0.4) is 0 Å². The zero-order chi connectivity index (χ0) is 12.4. The van der Waals surface area contributed by atoms with Crippen LogP contribution in [0.15, 0.2) is 48.2 Å². The highest BCUT2D eigenvalue weighted by Crippen LogP contribution is 2.24. The summed E-state index contributed by atoms with van der Waals surface area (Å²) in [5.41, 5.74) is 2.51. The normalized spacial score (nSPS) is 15.4. The van der Waals surface area contributed by atoms with Gasteiger partial charge in [0.05, 0.1) is 5.52 Å². The molecule has 0 radical (unpaired) electrons. The summed E-state index contributed by atoms with van der Waals surface area (Å²) in [7, 11) is 0. The van der Waals surface area contributed by atoms with Gasteiger partial charge < -0.3 is 0 Å². The highest BCUT2D eigenvalue weighted by Gasteiger charge is 2.16. The van der Waals surface area contributed by atoms with Crippen LogP contribution in [-0.2, 0) is 0 Å². The van der Waals surface area contributed by atoms with Crippen molar-refractivity contribution in [2.45, 2.75) is 25.7 Å². The molecule has 0 unspecified atom stereocenters. The molecule has 2 nitrogen and oxygen atoms in total. The number of para-hydroxylation sites is 1. The SMILES string of the molecule is O=C(C1=CCCCC1)c1cccc2cccnc12. The number of carbonyl (C=O) groups is 1. The van der Waals surface area contributed by atoms with Crippen molar-refractivity contribution in [3.63, 3.8) is 0 Å². The number of nitrogens with zero attached hydrogens (tertiary/aromatic N) is 1. The van der Waals surface area contributed by atoms with E-state index in [1.807, 2.05) is 30.3 Å². The Labute approximate surface area is 106 Å². The molecule has 0 atom stereocenters. The monoisotopic (exact) mass is 237 g/mol. The molecule has 0 N–H and O–H groups in total. The Morgan fingerprint density at radius 3 is 2.83 bits per heavy atom. The average Bonchev–Trinajstić information content (AvgIpc) is 2.47. The number of hydrogen-bond donors (Lipinski definition) is 0. The minimum Gasteiger partial charge on any atom is -0.289 e. The number of carbonyl (C=O) groups excluding carboxylic acids is 1. The third-order valence-electron chi connectivity index (χ3n) is 3.46. The van der Waals surface area contributed by atoms with Crippen LogP contribution < -0.4 is 0 Å². The molecule has 0 saturated heterocycles. The van der Waals surface area contributed by atoms with Gasteiger partial charge in [0, 0.05) is 17.1 Å². The van der Waals surface area contributed by atoms with Crippen molar-refractivity contribution >= 4 is 16.7 Å². The minimum atomic E-state index is 0.152. The van der Waals surface area contributed by atoms with Gasteiger partial charge in [0.2, 0.25) is 0 Å². The Hall–Kier alpha value is -1.96. The van der Waals surface area contributed by atoms with E-state index in [1.54, 1.807) is 6.20 Å². The number of hydrogen-bond acceptors (Lipinski definition) is 2. The fraction of sp³-hybridized carbons (Fsp3) is 0.250. The Balaban J connectivity index is 2.09. The molecule has 1 heterocycles. The van der Waals surface area contributed by atoms with Gasteiger partial charge in [-0.25, -0.2) is 0 Å². The molecule has 0 fully saturated rings. The molecule has 18 heavy (non-hydrogen) atoms. The van der Waals surface area contributed by atoms with Crippen LogP contribution in [0.5, 0.6) is 0 Å². The largest absolute Gasteiger partial charge is 0.289 e. The molecule has 3 rings (SSSR count). The molecule has 1 aliphatic carbocycles. The van der Waals surface area contributed by atoms with Crippen molar-refractivity contribution in [2.24, 2.45) is 0 Å². The first-order valence-electron chi connectivity index (χ1n) is 6.44. The van der Waals surface area contributed by atoms with Crippen LogP contribution in [0.25, 0.3) is 10.9 Å². The van der Waals surface area contributed by atoms with Crippen LogP contribution in [0, 0.1) is 0 Å². The number of aromatic nitrogens is 1. The van der Waals surface area contributed by atoms with E-state index in [-0.39, 0.29) is 5.78 Å². The highest BCUT2D eigenvalue weighted by molar-refractivity contribution is 6.15. The zero-order valence-electron chi connectivity index (χ0n) is 10.2. The Morgan fingerprint density at radius 1 is 1.11 bits per heavy atom. The lowest BCUT2D eigenvalue weighted by Gasteiger charge is -2.12. The predicted octanol–water partition coefficient (Wildman–Crippen LogP) is 3.92. The smallest absolute Gasteiger partial charge is 0.190 e. The molecule has 0 bridgehead atoms. The van der Waals surface area contributed by atoms with Crippen LogP contribution in [0.2, 0.25) is 0 Å². The summed E-state index contributed by atoms with van der Waals surface area (Å²) >= 11 is 0. The lowest BCUT2D eigenvalue weighted by atomic mass is 9.92. The number of Topliss-reactive ketones (excluding diaryl/α,β-unsaturated/α-hetero) is 1. The second-order valence-corrected chi connectivity index (χ2v) is 4.68. The number of rotatable bonds is 2. The lowest BCUT2D eigenvalue weighted by Crippen LogP contribution is -2.07. The number of benzene rings is 1. The number of ketones is 1. The van der Waals surface area contributed by atoms with E-state index in [0.29, 0.717) is 0 Å². The van der Waals surface area contributed by atoms with Crippen molar-refractivity contribution in [1.29, 1.82) is 0 Å².